The molecule has 0 unspecified atom stereocenters. The molecule has 2 heterocycles. The SMILES string of the molecule is CCOC(=O)c1coc(-c2cocn2)n1. The van der Waals surface area contributed by atoms with Crippen molar-refractivity contribution in [2.45, 2.75) is 6.92 Å². The second-order valence-electron chi connectivity index (χ2n) is 2.63. The molecule has 0 aromatic carbocycles. The third-order valence-corrected chi connectivity index (χ3v) is 1.64. The molecule has 0 atom stereocenters. The highest BCUT2D eigenvalue weighted by Gasteiger charge is 2.15. The van der Waals surface area contributed by atoms with Crippen molar-refractivity contribution in [3.8, 4) is 11.6 Å². The molecule has 15 heavy (non-hydrogen) atoms. The highest BCUT2D eigenvalue weighted by Crippen LogP contribution is 2.16. The first kappa shape index (κ1) is 9.45. The number of carbonyl (C=O) groups excluding carboxylic acids is 1. The Bertz CT molecular complexity index is 446. The van der Waals surface area contributed by atoms with Gasteiger partial charge in [-0.3, -0.25) is 0 Å². The molecule has 0 saturated carbocycles. The maximum atomic E-state index is 11.2. The van der Waals surface area contributed by atoms with Crippen LogP contribution in [0.2, 0.25) is 0 Å². The van der Waals surface area contributed by atoms with Crippen LogP contribution in [-0.4, -0.2) is 22.5 Å². The van der Waals surface area contributed by atoms with Gasteiger partial charge in [0, 0.05) is 0 Å². The van der Waals surface area contributed by atoms with Crippen LogP contribution in [0.4, 0.5) is 0 Å². The summed E-state index contributed by atoms with van der Waals surface area (Å²) >= 11 is 0. The number of nitrogens with zero attached hydrogens (tertiary/aromatic N) is 2. The summed E-state index contributed by atoms with van der Waals surface area (Å²) in [6, 6.07) is 0. The van der Waals surface area contributed by atoms with Crippen LogP contribution in [0.5, 0.6) is 0 Å². The average molecular weight is 208 g/mol. The fourth-order valence-electron chi connectivity index (χ4n) is 1.01. The van der Waals surface area contributed by atoms with Gasteiger partial charge in [0.1, 0.15) is 12.5 Å². The molecular formula is C9H8N2O4. The standard InChI is InChI=1S/C9H8N2O4/c1-2-14-9(12)7-4-15-8(11-7)6-3-13-5-10-6/h3-5H,2H2,1H3. The van der Waals surface area contributed by atoms with Crippen molar-refractivity contribution in [2.75, 3.05) is 6.61 Å². The molecule has 0 aliphatic heterocycles. The van der Waals surface area contributed by atoms with Crippen molar-refractivity contribution in [3.05, 3.63) is 24.6 Å². The van der Waals surface area contributed by atoms with E-state index in [1.807, 2.05) is 0 Å². The van der Waals surface area contributed by atoms with E-state index in [1.54, 1.807) is 6.92 Å². The van der Waals surface area contributed by atoms with Crippen LogP contribution < -0.4 is 0 Å². The van der Waals surface area contributed by atoms with Gasteiger partial charge in [-0.1, -0.05) is 0 Å². The maximum Gasteiger partial charge on any atom is 0.360 e. The number of carbonyl (C=O) groups is 1. The van der Waals surface area contributed by atoms with E-state index in [0.717, 1.165) is 0 Å². The van der Waals surface area contributed by atoms with Crippen molar-refractivity contribution in [2.24, 2.45) is 0 Å². The highest BCUT2D eigenvalue weighted by molar-refractivity contribution is 5.87. The average Bonchev–Trinajstić information content (AvgIpc) is 2.89. The number of aromatic nitrogens is 2. The summed E-state index contributed by atoms with van der Waals surface area (Å²) in [5, 5.41) is 0. The molecule has 78 valence electrons. The first-order chi connectivity index (χ1) is 7.31. The smallest absolute Gasteiger partial charge is 0.360 e. The molecular weight excluding hydrogens is 200 g/mol. The molecule has 0 saturated heterocycles. The normalized spacial score (nSPS) is 10.2. The van der Waals surface area contributed by atoms with Crippen molar-refractivity contribution in [3.63, 3.8) is 0 Å². The van der Waals surface area contributed by atoms with Crippen LogP contribution in [0.25, 0.3) is 11.6 Å². The maximum absolute atomic E-state index is 11.2. The zero-order valence-electron chi connectivity index (χ0n) is 7.97. The Morgan fingerprint density at radius 2 is 2.40 bits per heavy atom. The summed E-state index contributed by atoms with van der Waals surface area (Å²) in [6.45, 7) is 2.02. The lowest BCUT2D eigenvalue weighted by Crippen LogP contribution is -2.04. The lowest BCUT2D eigenvalue weighted by molar-refractivity contribution is 0.0519. The van der Waals surface area contributed by atoms with Gasteiger partial charge in [-0.2, -0.15) is 0 Å². The van der Waals surface area contributed by atoms with E-state index in [9.17, 15) is 4.79 Å². The van der Waals surface area contributed by atoms with Crippen LogP contribution in [-0.2, 0) is 4.74 Å². The predicted molar refractivity (Wildman–Crippen MR) is 48.0 cm³/mol. The number of oxazole rings is 2. The Balaban J connectivity index is 2.21. The molecule has 6 heteroatoms. The topological polar surface area (TPSA) is 78.4 Å². The van der Waals surface area contributed by atoms with E-state index < -0.39 is 5.97 Å². The Labute approximate surface area is 84.9 Å². The Hall–Kier alpha value is -2.11. The van der Waals surface area contributed by atoms with Crippen LogP contribution in [0.15, 0.2) is 27.8 Å². The molecule has 2 aromatic heterocycles. The van der Waals surface area contributed by atoms with E-state index >= 15 is 0 Å². The van der Waals surface area contributed by atoms with E-state index in [-0.39, 0.29) is 11.6 Å². The fraction of sp³-hybridized carbons (Fsp3) is 0.222. The number of ether oxygens (including phenoxy) is 1. The first-order valence-corrected chi connectivity index (χ1v) is 4.32. The Kier molecular flexibility index (Phi) is 2.49. The zero-order chi connectivity index (χ0) is 10.7. The summed E-state index contributed by atoms with van der Waals surface area (Å²) in [5.41, 5.74) is 0.556. The van der Waals surface area contributed by atoms with E-state index in [2.05, 4.69) is 9.97 Å². The van der Waals surface area contributed by atoms with Crippen molar-refractivity contribution < 1.29 is 18.4 Å². The zero-order valence-corrected chi connectivity index (χ0v) is 7.97. The van der Waals surface area contributed by atoms with E-state index in [0.29, 0.717) is 12.3 Å². The molecule has 0 aliphatic carbocycles. The molecule has 2 aromatic rings. The van der Waals surface area contributed by atoms with Gasteiger partial charge < -0.3 is 13.6 Å². The Morgan fingerprint density at radius 1 is 1.53 bits per heavy atom. The molecule has 0 radical (unpaired) electrons. The van der Waals surface area contributed by atoms with Gasteiger partial charge in [0.15, 0.2) is 17.8 Å². The third kappa shape index (κ3) is 1.88. The van der Waals surface area contributed by atoms with Gasteiger partial charge in [0.25, 0.3) is 0 Å². The van der Waals surface area contributed by atoms with Gasteiger partial charge in [0.2, 0.25) is 5.89 Å². The summed E-state index contributed by atoms with van der Waals surface area (Å²) in [5.74, 6) is -0.289. The quantitative estimate of drug-likeness (QED) is 0.711. The minimum Gasteiger partial charge on any atom is -0.461 e. The molecule has 0 fully saturated rings. The summed E-state index contributed by atoms with van der Waals surface area (Å²) in [4.78, 5) is 19.0. The van der Waals surface area contributed by atoms with E-state index in [4.69, 9.17) is 13.6 Å². The molecule has 0 N–H and O–H groups in total. The molecule has 0 amide bonds. The summed E-state index contributed by atoms with van der Waals surface area (Å²) in [7, 11) is 0. The number of hydrogen-bond acceptors (Lipinski definition) is 6. The predicted octanol–water partition coefficient (Wildman–Crippen LogP) is 1.51. The molecule has 2 rings (SSSR count). The minimum absolute atomic E-state index is 0.120. The number of hydrogen-bond donors (Lipinski definition) is 0. The van der Waals surface area contributed by atoms with Crippen molar-refractivity contribution >= 4 is 5.97 Å². The second kappa shape index (κ2) is 3.95. The van der Waals surface area contributed by atoms with Gasteiger partial charge in [-0.25, -0.2) is 14.8 Å². The lowest BCUT2D eigenvalue weighted by atomic mass is 10.5. The monoisotopic (exact) mass is 208 g/mol. The summed E-state index contributed by atoms with van der Waals surface area (Å²) < 4.78 is 14.6. The number of rotatable bonds is 3. The molecule has 0 bridgehead atoms. The van der Waals surface area contributed by atoms with Crippen LogP contribution >= 0.6 is 0 Å². The third-order valence-electron chi connectivity index (χ3n) is 1.64. The van der Waals surface area contributed by atoms with E-state index in [1.165, 1.54) is 18.9 Å². The molecule has 0 aliphatic rings. The lowest BCUT2D eigenvalue weighted by Gasteiger charge is -1.94. The largest absolute Gasteiger partial charge is 0.461 e. The van der Waals surface area contributed by atoms with Crippen LogP contribution in [0.3, 0.4) is 0 Å². The minimum atomic E-state index is -0.518. The Morgan fingerprint density at radius 3 is 3.07 bits per heavy atom. The van der Waals surface area contributed by atoms with Gasteiger partial charge in [0.05, 0.1) is 6.61 Å². The second-order valence-corrected chi connectivity index (χ2v) is 2.63. The molecule has 0 spiro atoms. The summed E-state index contributed by atoms with van der Waals surface area (Å²) in [6.07, 6.45) is 3.85. The van der Waals surface area contributed by atoms with Crippen LogP contribution in [0.1, 0.15) is 17.4 Å². The van der Waals surface area contributed by atoms with Gasteiger partial charge in [-0.05, 0) is 6.92 Å². The van der Waals surface area contributed by atoms with Crippen molar-refractivity contribution in [1.29, 1.82) is 0 Å². The van der Waals surface area contributed by atoms with Gasteiger partial charge in [-0.15, -0.1) is 0 Å². The highest BCUT2D eigenvalue weighted by atomic mass is 16.5. The van der Waals surface area contributed by atoms with Crippen molar-refractivity contribution in [1.82, 2.24) is 9.97 Å². The van der Waals surface area contributed by atoms with Gasteiger partial charge >= 0.3 is 5.97 Å². The first-order valence-electron chi connectivity index (χ1n) is 4.32. The fourth-order valence-corrected chi connectivity index (χ4v) is 1.01. The molecule has 6 nitrogen and oxygen atoms in total. The number of esters is 1. The van der Waals surface area contributed by atoms with Crippen LogP contribution in [0, 0.1) is 0 Å².